The average Bonchev–Trinajstić information content (AvgIpc) is 2.46. The predicted molar refractivity (Wildman–Crippen MR) is 78.6 cm³/mol. The summed E-state index contributed by atoms with van der Waals surface area (Å²) in [6, 6.07) is 0. The fourth-order valence-corrected chi connectivity index (χ4v) is 2.03. The Morgan fingerprint density at radius 2 is 1.60 bits per heavy atom. The molecule has 1 aliphatic rings. The highest BCUT2D eigenvalue weighted by atomic mass is 19.2. The van der Waals surface area contributed by atoms with Crippen molar-refractivity contribution in [1.82, 2.24) is 0 Å². The van der Waals surface area contributed by atoms with Crippen LogP contribution in [0.3, 0.4) is 0 Å². The number of aliphatic hydroxyl groups is 1. The molecule has 4 heteroatoms. The molecular weight excluding hydrogens is 262 g/mol. The van der Waals surface area contributed by atoms with E-state index in [9.17, 15) is 8.78 Å². The summed E-state index contributed by atoms with van der Waals surface area (Å²) in [5, 5.41) is 8.72. The lowest BCUT2D eigenvalue weighted by Crippen LogP contribution is -2.17. The third kappa shape index (κ3) is 6.22. The molecule has 0 bridgehead atoms. The monoisotopic (exact) mass is 288 g/mol. The second-order valence-electron chi connectivity index (χ2n) is 4.93. The van der Waals surface area contributed by atoms with Gasteiger partial charge < -0.3 is 9.84 Å². The molecule has 1 saturated carbocycles. The quantitative estimate of drug-likeness (QED) is 0.527. The van der Waals surface area contributed by atoms with Crippen LogP contribution < -0.4 is 0 Å². The molecule has 20 heavy (non-hydrogen) atoms. The molecule has 0 unspecified atom stereocenters. The van der Waals surface area contributed by atoms with Crippen molar-refractivity contribution >= 4 is 0 Å². The number of hydrogen-bond acceptors (Lipinski definition) is 2. The van der Waals surface area contributed by atoms with Gasteiger partial charge in [-0.1, -0.05) is 46.8 Å². The SMILES string of the molecule is C=C(O)/C(F)=C(/F)C(=C)OCC1CCC(C)CC1.CC. The zero-order valence-corrected chi connectivity index (χ0v) is 12.7. The topological polar surface area (TPSA) is 29.5 Å². The Kier molecular flexibility index (Phi) is 8.93. The van der Waals surface area contributed by atoms with E-state index >= 15 is 0 Å². The van der Waals surface area contributed by atoms with Crippen molar-refractivity contribution in [1.29, 1.82) is 0 Å². The van der Waals surface area contributed by atoms with Gasteiger partial charge in [0.1, 0.15) is 5.76 Å². The van der Waals surface area contributed by atoms with Crippen LogP contribution in [0.1, 0.15) is 46.5 Å². The first-order chi connectivity index (χ1) is 9.41. The molecule has 0 radical (unpaired) electrons. The van der Waals surface area contributed by atoms with Crippen LogP contribution in [0.25, 0.3) is 0 Å². The summed E-state index contributed by atoms with van der Waals surface area (Å²) in [5.74, 6) is -2.95. The Bertz CT molecular complexity index is 353. The molecule has 0 heterocycles. The van der Waals surface area contributed by atoms with Crippen molar-refractivity contribution in [2.75, 3.05) is 6.61 Å². The molecule has 1 fully saturated rings. The Labute approximate surface area is 120 Å². The maximum absolute atomic E-state index is 13.3. The first kappa shape index (κ1) is 18.7. The molecule has 1 N–H and O–H groups in total. The number of halogens is 2. The minimum atomic E-state index is -1.42. The summed E-state index contributed by atoms with van der Waals surface area (Å²) in [6.07, 6.45) is 4.35. The summed E-state index contributed by atoms with van der Waals surface area (Å²) < 4.78 is 31.4. The van der Waals surface area contributed by atoms with Gasteiger partial charge in [0, 0.05) is 0 Å². The highest BCUT2D eigenvalue weighted by Crippen LogP contribution is 2.29. The third-order valence-electron chi connectivity index (χ3n) is 3.32. The standard InChI is InChI=1S/C14H20F2O2.C2H6/c1-9-4-6-12(7-5-9)8-18-11(3)14(16)13(15)10(2)17;1-2/h9,12,17H,2-8H2,1H3;1-2H3/b14-13-;. The maximum Gasteiger partial charge on any atom is 0.203 e. The summed E-state index contributed by atoms with van der Waals surface area (Å²) >= 11 is 0. The lowest BCUT2D eigenvalue weighted by atomic mass is 9.83. The van der Waals surface area contributed by atoms with E-state index in [2.05, 4.69) is 20.1 Å². The number of ether oxygens (including phenoxy) is 1. The van der Waals surface area contributed by atoms with E-state index in [1.165, 1.54) is 0 Å². The van der Waals surface area contributed by atoms with Crippen LogP contribution in [-0.4, -0.2) is 11.7 Å². The lowest BCUT2D eigenvalue weighted by Gasteiger charge is -2.26. The predicted octanol–water partition coefficient (Wildman–Crippen LogP) is 5.59. The third-order valence-corrected chi connectivity index (χ3v) is 3.32. The van der Waals surface area contributed by atoms with Crippen LogP contribution in [0.15, 0.2) is 36.3 Å². The van der Waals surface area contributed by atoms with Gasteiger partial charge in [-0.2, -0.15) is 8.78 Å². The van der Waals surface area contributed by atoms with Crippen molar-refractivity contribution in [3.8, 4) is 0 Å². The second kappa shape index (κ2) is 9.56. The van der Waals surface area contributed by atoms with E-state index in [4.69, 9.17) is 9.84 Å². The average molecular weight is 288 g/mol. The first-order valence-corrected chi connectivity index (χ1v) is 7.17. The molecule has 2 nitrogen and oxygen atoms in total. The van der Waals surface area contributed by atoms with Crippen LogP contribution in [0.4, 0.5) is 8.78 Å². The molecule has 0 aromatic rings. The van der Waals surface area contributed by atoms with Crippen LogP contribution in [0.2, 0.25) is 0 Å². The fourth-order valence-electron chi connectivity index (χ4n) is 2.03. The molecule has 0 spiro atoms. The Balaban J connectivity index is 0.00000172. The number of aliphatic hydroxyl groups excluding tert-OH is 1. The normalized spacial score (nSPS) is 23.1. The van der Waals surface area contributed by atoms with Crippen molar-refractivity contribution in [2.24, 2.45) is 11.8 Å². The first-order valence-electron chi connectivity index (χ1n) is 7.17. The maximum atomic E-state index is 13.3. The zero-order chi connectivity index (χ0) is 15.7. The Morgan fingerprint density at radius 3 is 2.05 bits per heavy atom. The summed E-state index contributed by atoms with van der Waals surface area (Å²) in [6.45, 7) is 12.8. The molecular formula is C16H26F2O2. The van der Waals surface area contributed by atoms with Gasteiger partial charge in [0.05, 0.1) is 6.61 Å². The van der Waals surface area contributed by atoms with Crippen LogP contribution in [0, 0.1) is 11.8 Å². The fraction of sp³-hybridized carbons (Fsp3) is 0.625. The van der Waals surface area contributed by atoms with Gasteiger partial charge >= 0.3 is 0 Å². The van der Waals surface area contributed by atoms with Crippen molar-refractivity contribution < 1.29 is 18.6 Å². The lowest BCUT2D eigenvalue weighted by molar-refractivity contribution is 0.130. The number of allylic oxidation sites excluding steroid dienone is 2. The van der Waals surface area contributed by atoms with E-state index in [-0.39, 0.29) is 5.76 Å². The smallest absolute Gasteiger partial charge is 0.203 e. The molecule has 0 atom stereocenters. The van der Waals surface area contributed by atoms with Crippen molar-refractivity contribution in [3.05, 3.63) is 36.3 Å². The largest absolute Gasteiger partial charge is 0.505 e. The van der Waals surface area contributed by atoms with E-state index in [0.29, 0.717) is 12.5 Å². The van der Waals surface area contributed by atoms with Gasteiger partial charge in [-0.3, -0.25) is 0 Å². The van der Waals surface area contributed by atoms with E-state index < -0.39 is 17.4 Å². The Morgan fingerprint density at radius 1 is 1.10 bits per heavy atom. The highest BCUT2D eigenvalue weighted by Gasteiger charge is 2.20. The summed E-state index contributed by atoms with van der Waals surface area (Å²) in [5.41, 5.74) is 0. The van der Waals surface area contributed by atoms with Crippen molar-refractivity contribution in [2.45, 2.75) is 46.5 Å². The van der Waals surface area contributed by atoms with Gasteiger partial charge in [-0.15, -0.1) is 0 Å². The molecule has 0 aliphatic heterocycles. The molecule has 1 rings (SSSR count). The minimum absolute atomic E-state index is 0.337. The van der Waals surface area contributed by atoms with E-state index in [1.807, 2.05) is 13.8 Å². The van der Waals surface area contributed by atoms with E-state index in [0.717, 1.165) is 31.6 Å². The van der Waals surface area contributed by atoms with Gasteiger partial charge in [0.15, 0.2) is 5.76 Å². The minimum Gasteiger partial charge on any atom is -0.505 e. The number of hydrogen-bond donors (Lipinski definition) is 1. The van der Waals surface area contributed by atoms with Crippen LogP contribution >= 0.6 is 0 Å². The molecule has 0 aromatic carbocycles. The number of rotatable bonds is 5. The second-order valence-corrected chi connectivity index (χ2v) is 4.93. The highest BCUT2D eigenvalue weighted by molar-refractivity contribution is 5.28. The molecule has 1 aliphatic carbocycles. The molecule has 0 aromatic heterocycles. The molecule has 0 amide bonds. The van der Waals surface area contributed by atoms with Gasteiger partial charge in [0.2, 0.25) is 11.7 Å². The summed E-state index contributed by atoms with van der Waals surface area (Å²) in [7, 11) is 0. The molecule has 116 valence electrons. The van der Waals surface area contributed by atoms with Crippen molar-refractivity contribution in [3.63, 3.8) is 0 Å². The summed E-state index contributed by atoms with van der Waals surface area (Å²) in [4.78, 5) is 0. The van der Waals surface area contributed by atoms with Gasteiger partial charge in [0.25, 0.3) is 0 Å². The van der Waals surface area contributed by atoms with Gasteiger partial charge in [-0.25, -0.2) is 0 Å². The van der Waals surface area contributed by atoms with Crippen LogP contribution in [0.5, 0.6) is 0 Å². The molecule has 0 saturated heterocycles. The zero-order valence-electron chi connectivity index (χ0n) is 12.7. The van der Waals surface area contributed by atoms with Crippen LogP contribution in [-0.2, 0) is 4.74 Å². The Hall–Kier alpha value is -1.32. The van der Waals surface area contributed by atoms with Gasteiger partial charge in [-0.05, 0) is 24.7 Å². The van der Waals surface area contributed by atoms with E-state index in [1.54, 1.807) is 0 Å².